The molecule has 0 unspecified atom stereocenters. The number of guanidine groups is 1. The summed E-state index contributed by atoms with van der Waals surface area (Å²) < 4.78 is 1.10. The van der Waals surface area contributed by atoms with Crippen molar-refractivity contribution in [2.45, 2.75) is 13.5 Å². The molecule has 0 aliphatic carbocycles. The smallest absolute Gasteiger partial charge is 0.194 e. The van der Waals surface area contributed by atoms with E-state index in [1.165, 1.54) is 5.56 Å². The van der Waals surface area contributed by atoms with Gasteiger partial charge in [-0.15, -0.1) is 30.6 Å². The number of nitrogens with one attached hydrogen (secondary N) is 1. The van der Waals surface area contributed by atoms with Crippen molar-refractivity contribution in [2.75, 3.05) is 20.1 Å². The maximum Gasteiger partial charge on any atom is 0.194 e. The second kappa shape index (κ2) is 10.3. The lowest BCUT2D eigenvalue weighted by Crippen LogP contribution is -2.38. The predicted molar refractivity (Wildman–Crippen MR) is 97.2 cm³/mol. The van der Waals surface area contributed by atoms with Gasteiger partial charge in [0.15, 0.2) is 5.96 Å². The minimum Gasteiger partial charge on any atom is -0.357 e. The number of aliphatic imine (C=N–C) groups is 1. The number of rotatable bonds is 5. The van der Waals surface area contributed by atoms with E-state index in [-0.39, 0.29) is 24.0 Å². The third kappa shape index (κ3) is 6.96. The summed E-state index contributed by atoms with van der Waals surface area (Å²) in [5.74, 6) is 0.903. The standard InChI is InChI=1S/C14H20BrN3.HI/c1-4-10-17-14(16-5-2)18(3)11-12-6-8-13(15)9-7-12;/h4,6-9H,1,5,10-11H2,2-3H3,(H,16,17);1H. The predicted octanol–water partition coefficient (Wildman–Crippen LogP) is 3.65. The summed E-state index contributed by atoms with van der Waals surface area (Å²) in [6.45, 7) is 8.08. The van der Waals surface area contributed by atoms with Crippen LogP contribution in [0.4, 0.5) is 0 Å². The van der Waals surface area contributed by atoms with E-state index in [1.807, 2.05) is 7.05 Å². The Kier molecular flexibility index (Phi) is 9.95. The highest BCUT2D eigenvalue weighted by molar-refractivity contribution is 14.0. The summed E-state index contributed by atoms with van der Waals surface area (Å²) in [4.78, 5) is 6.56. The van der Waals surface area contributed by atoms with E-state index in [0.717, 1.165) is 23.5 Å². The fourth-order valence-corrected chi connectivity index (χ4v) is 1.82. The SMILES string of the molecule is C=CCN=C(NCC)N(C)Cc1ccc(Br)cc1.I. The zero-order valence-electron chi connectivity index (χ0n) is 11.4. The molecule has 0 saturated heterocycles. The summed E-state index contributed by atoms with van der Waals surface area (Å²) in [7, 11) is 2.03. The van der Waals surface area contributed by atoms with Gasteiger partial charge >= 0.3 is 0 Å². The average Bonchev–Trinajstić information content (AvgIpc) is 2.37. The van der Waals surface area contributed by atoms with Gasteiger partial charge in [0.05, 0.1) is 6.54 Å². The van der Waals surface area contributed by atoms with Crippen molar-refractivity contribution in [3.63, 3.8) is 0 Å². The second-order valence-corrected chi connectivity index (χ2v) is 4.88. The number of benzene rings is 1. The molecular weight excluding hydrogens is 417 g/mol. The Morgan fingerprint density at radius 3 is 2.58 bits per heavy atom. The lowest BCUT2D eigenvalue weighted by Gasteiger charge is -2.22. The maximum atomic E-state index is 4.45. The molecule has 1 aromatic carbocycles. The minimum atomic E-state index is 0. The van der Waals surface area contributed by atoms with Crippen molar-refractivity contribution in [3.05, 3.63) is 47.0 Å². The Morgan fingerprint density at radius 2 is 2.05 bits per heavy atom. The molecular formula is C14H21BrIN3. The first-order valence-corrected chi connectivity index (χ1v) is 6.81. The van der Waals surface area contributed by atoms with Crippen LogP contribution in [0, 0.1) is 0 Å². The van der Waals surface area contributed by atoms with E-state index >= 15 is 0 Å². The molecule has 19 heavy (non-hydrogen) atoms. The van der Waals surface area contributed by atoms with Gasteiger partial charge in [0.1, 0.15) is 0 Å². The average molecular weight is 438 g/mol. The van der Waals surface area contributed by atoms with Crippen LogP contribution in [0.1, 0.15) is 12.5 Å². The number of hydrogen-bond donors (Lipinski definition) is 1. The van der Waals surface area contributed by atoms with Gasteiger partial charge in [-0.25, -0.2) is 4.99 Å². The lowest BCUT2D eigenvalue weighted by atomic mass is 10.2. The molecule has 3 nitrogen and oxygen atoms in total. The Bertz CT molecular complexity index is 404. The summed E-state index contributed by atoms with van der Waals surface area (Å²) in [6, 6.07) is 8.32. The molecule has 0 spiro atoms. The molecule has 1 aromatic rings. The molecule has 0 atom stereocenters. The van der Waals surface area contributed by atoms with E-state index in [4.69, 9.17) is 0 Å². The van der Waals surface area contributed by atoms with Crippen LogP contribution in [0.15, 0.2) is 46.4 Å². The van der Waals surface area contributed by atoms with Crippen LogP contribution in [0.25, 0.3) is 0 Å². The molecule has 0 aromatic heterocycles. The Labute approximate surface area is 141 Å². The number of nitrogens with zero attached hydrogens (tertiary/aromatic N) is 2. The summed E-state index contributed by atoms with van der Waals surface area (Å²) >= 11 is 3.44. The van der Waals surface area contributed by atoms with Crippen molar-refractivity contribution in [1.82, 2.24) is 10.2 Å². The molecule has 0 aliphatic rings. The third-order valence-electron chi connectivity index (χ3n) is 2.40. The summed E-state index contributed by atoms with van der Waals surface area (Å²) in [5, 5.41) is 3.27. The normalized spacial score (nSPS) is 10.6. The van der Waals surface area contributed by atoms with Gasteiger partial charge in [-0.05, 0) is 24.6 Å². The van der Waals surface area contributed by atoms with Crippen molar-refractivity contribution in [3.8, 4) is 0 Å². The largest absolute Gasteiger partial charge is 0.357 e. The van der Waals surface area contributed by atoms with E-state index in [2.05, 4.69) is 68.9 Å². The fraction of sp³-hybridized carbons (Fsp3) is 0.357. The van der Waals surface area contributed by atoms with Crippen LogP contribution >= 0.6 is 39.9 Å². The third-order valence-corrected chi connectivity index (χ3v) is 2.93. The fourth-order valence-electron chi connectivity index (χ4n) is 1.56. The molecule has 106 valence electrons. The number of halogens is 2. The van der Waals surface area contributed by atoms with Crippen molar-refractivity contribution in [2.24, 2.45) is 4.99 Å². The van der Waals surface area contributed by atoms with Gasteiger partial charge in [-0.2, -0.15) is 0 Å². The van der Waals surface area contributed by atoms with Crippen molar-refractivity contribution >= 4 is 45.9 Å². The van der Waals surface area contributed by atoms with Crippen LogP contribution in [-0.4, -0.2) is 31.0 Å². The Hall–Kier alpha value is -0.560. The first kappa shape index (κ1) is 18.4. The zero-order valence-corrected chi connectivity index (χ0v) is 15.3. The quantitative estimate of drug-likeness (QED) is 0.329. The molecule has 1 N–H and O–H groups in total. The topological polar surface area (TPSA) is 27.6 Å². The first-order valence-electron chi connectivity index (χ1n) is 6.02. The zero-order chi connectivity index (χ0) is 13.4. The van der Waals surface area contributed by atoms with Crippen molar-refractivity contribution in [1.29, 1.82) is 0 Å². The molecule has 0 fully saturated rings. The van der Waals surface area contributed by atoms with E-state index in [1.54, 1.807) is 6.08 Å². The van der Waals surface area contributed by atoms with Gasteiger partial charge in [-0.1, -0.05) is 34.1 Å². The summed E-state index contributed by atoms with van der Waals surface area (Å²) in [5.41, 5.74) is 1.25. The van der Waals surface area contributed by atoms with E-state index < -0.39 is 0 Å². The Balaban J connectivity index is 0.00000324. The van der Waals surface area contributed by atoms with Gasteiger partial charge in [-0.3, -0.25) is 0 Å². The first-order chi connectivity index (χ1) is 8.67. The highest BCUT2D eigenvalue weighted by Crippen LogP contribution is 2.11. The molecule has 0 heterocycles. The molecule has 0 radical (unpaired) electrons. The summed E-state index contributed by atoms with van der Waals surface area (Å²) in [6.07, 6.45) is 1.80. The highest BCUT2D eigenvalue weighted by Gasteiger charge is 2.05. The van der Waals surface area contributed by atoms with Gasteiger partial charge in [0.2, 0.25) is 0 Å². The molecule has 5 heteroatoms. The monoisotopic (exact) mass is 437 g/mol. The van der Waals surface area contributed by atoms with Crippen LogP contribution in [0.5, 0.6) is 0 Å². The van der Waals surface area contributed by atoms with Crippen LogP contribution in [-0.2, 0) is 6.54 Å². The molecule has 0 aliphatic heterocycles. The van der Waals surface area contributed by atoms with E-state index in [0.29, 0.717) is 6.54 Å². The Morgan fingerprint density at radius 1 is 1.42 bits per heavy atom. The van der Waals surface area contributed by atoms with Crippen molar-refractivity contribution < 1.29 is 0 Å². The second-order valence-electron chi connectivity index (χ2n) is 3.97. The van der Waals surface area contributed by atoms with Gasteiger partial charge in [0, 0.05) is 24.6 Å². The molecule has 1 rings (SSSR count). The van der Waals surface area contributed by atoms with Gasteiger partial charge in [0.25, 0.3) is 0 Å². The maximum absolute atomic E-state index is 4.45. The molecule has 0 amide bonds. The minimum absolute atomic E-state index is 0. The van der Waals surface area contributed by atoms with E-state index in [9.17, 15) is 0 Å². The van der Waals surface area contributed by atoms with Crippen LogP contribution < -0.4 is 5.32 Å². The molecule has 0 saturated carbocycles. The number of hydrogen-bond acceptors (Lipinski definition) is 1. The van der Waals surface area contributed by atoms with Gasteiger partial charge < -0.3 is 10.2 Å². The van der Waals surface area contributed by atoms with Crippen LogP contribution in [0.2, 0.25) is 0 Å². The molecule has 0 bridgehead atoms. The van der Waals surface area contributed by atoms with Crippen LogP contribution in [0.3, 0.4) is 0 Å². The highest BCUT2D eigenvalue weighted by atomic mass is 127. The lowest BCUT2D eigenvalue weighted by molar-refractivity contribution is 0.478.